The number of pyridine rings is 1. The molecule has 0 amide bonds. The summed E-state index contributed by atoms with van der Waals surface area (Å²) >= 11 is 0. The molecule has 4 rings (SSSR count). The molecule has 0 bridgehead atoms. The van der Waals surface area contributed by atoms with Gasteiger partial charge in [0.2, 0.25) is 0 Å². The van der Waals surface area contributed by atoms with E-state index in [9.17, 15) is 9.90 Å². The van der Waals surface area contributed by atoms with E-state index >= 15 is 0 Å². The highest BCUT2D eigenvalue weighted by atomic mass is 16.4. The summed E-state index contributed by atoms with van der Waals surface area (Å²) in [5, 5.41) is 12.7. The van der Waals surface area contributed by atoms with Crippen LogP contribution in [0.4, 0.5) is 5.82 Å². The minimum absolute atomic E-state index is 0.0402. The van der Waals surface area contributed by atoms with Crippen molar-refractivity contribution in [2.75, 3.05) is 25.0 Å². The van der Waals surface area contributed by atoms with E-state index in [4.69, 9.17) is 16.5 Å². The first-order valence-corrected chi connectivity index (χ1v) is 11.6. The number of benzene rings is 1. The average Bonchev–Trinajstić information content (AvgIpc) is 3.00. The molecule has 1 aromatic heterocycles. The van der Waals surface area contributed by atoms with Gasteiger partial charge in [-0.1, -0.05) is 35.8 Å². The van der Waals surface area contributed by atoms with Crippen LogP contribution < -0.4 is 10.7 Å². The number of aliphatic carboxylic acids is 1. The number of hydrogen-bond acceptors (Lipinski definition) is 4. The first kappa shape index (κ1) is 22.6. The maximum atomic E-state index is 11.4. The number of aliphatic imine (C=N–C) groups is 1. The van der Waals surface area contributed by atoms with E-state index in [2.05, 4.69) is 32.7 Å². The average molecular weight is 447 g/mol. The van der Waals surface area contributed by atoms with Crippen molar-refractivity contribution in [1.82, 2.24) is 15.3 Å². The summed E-state index contributed by atoms with van der Waals surface area (Å²) in [5.74, 6) is 0.733. The van der Waals surface area contributed by atoms with E-state index in [-0.39, 0.29) is 12.3 Å². The van der Waals surface area contributed by atoms with Crippen LogP contribution in [-0.4, -0.2) is 46.6 Å². The molecule has 1 aromatic carbocycles. The smallest absolute Gasteiger partial charge is 0.303 e. The lowest BCUT2D eigenvalue weighted by Gasteiger charge is -2.21. The number of nitrogens with one attached hydrogen (secondary N) is 2. The topological polar surface area (TPSA) is 94.2 Å². The number of carboxylic acids is 1. The Balaban J connectivity index is 1.41. The lowest BCUT2D eigenvalue weighted by atomic mass is 9.90. The summed E-state index contributed by atoms with van der Waals surface area (Å²) in [6.07, 6.45) is 4.70. The van der Waals surface area contributed by atoms with Gasteiger partial charge in [-0.3, -0.25) is 4.79 Å². The first-order chi connectivity index (χ1) is 16.1. The van der Waals surface area contributed by atoms with Gasteiger partial charge in [-0.15, -0.1) is 0 Å². The number of rotatable bonds is 6. The van der Waals surface area contributed by atoms with Gasteiger partial charge in [0, 0.05) is 31.9 Å². The molecule has 0 radical (unpaired) electrons. The van der Waals surface area contributed by atoms with Crippen LogP contribution in [0.2, 0.25) is 0 Å². The number of anilines is 1. The van der Waals surface area contributed by atoms with Gasteiger partial charge < -0.3 is 15.3 Å². The molecular formula is C25H30N6O2. The number of guanidine groups is 1. The Labute approximate surface area is 194 Å². The molecule has 8 heteroatoms. The molecule has 0 saturated carbocycles. The minimum Gasteiger partial charge on any atom is -0.481 e. The van der Waals surface area contributed by atoms with Crippen LogP contribution in [0.5, 0.6) is 0 Å². The predicted octanol–water partition coefficient (Wildman–Crippen LogP) is 3.62. The largest absolute Gasteiger partial charge is 0.481 e. The number of aromatic nitrogens is 1. The summed E-state index contributed by atoms with van der Waals surface area (Å²) in [7, 11) is 0. The third-order valence-electron chi connectivity index (χ3n) is 6.28. The van der Waals surface area contributed by atoms with Gasteiger partial charge in [0.25, 0.3) is 5.96 Å². The molecule has 1 unspecified atom stereocenters. The molecule has 0 saturated heterocycles. The van der Waals surface area contributed by atoms with Crippen molar-refractivity contribution < 1.29 is 9.90 Å². The SMILES string of the molecule is [C-]#[N+]NC(=NCCCc1ccc2c(n1)NCCC2)N1CCC(CC(=O)O)c2ccccc2C1. The third-order valence-corrected chi connectivity index (χ3v) is 6.28. The van der Waals surface area contributed by atoms with E-state index in [0.717, 1.165) is 54.9 Å². The van der Waals surface area contributed by atoms with E-state index in [1.165, 1.54) is 5.56 Å². The Bertz CT molecular complexity index is 1060. The zero-order valence-electron chi connectivity index (χ0n) is 18.8. The summed E-state index contributed by atoms with van der Waals surface area (Å²) in [5.41, 5.74) is 7.24. The second-order valence-electron chi connectivity index (χ2n) is 8.58. The van der Waals surface area contributed by atoms with Crippen molar-refractivity contribution in [2.45, 2.75) is 51.0 Å². The maximum absolute atomic E-state index is 11.4. The Morgan fingerprint density at radius 1 is 1.30 bits per heavy atom. The molecule has 33 heavy (non-hydrogen) atoms. The minimum atomic E-state index is -0.789. The van der Waals surface area contributed by atoms with Crippen molar-refractivity contribution in [3.8, 4) is 0 Å². The van der Waals surface area contributed by atoms with E-state index in [1.54, 1.807) is 0 Å². The van der Waals surface area contributed by atoms with Crippen molar-refractivity contribution >= 4 is 17.7 Å². The van der Waals surface area contributed by atoms with Crippen molar-refractivity contribution in [1.29, 1.82) is 0 Å². The fourth-order valence-electron chi connectivity index (χ4n) is 4.64. The lowest BCUT2D eigenvalue weighted by molar-refractivity contribution is -0.137. The molecule has 0 aliphatic carbocycles. The molecule has 8 nitrogen and oxygen atoms in total. The maximum Gasteiger partial charge on any atom is 0.303 e. The second-order valence-corrected chi connectivity index (χ2v) is 8.58. The second kappa shape index (κ2) is 10.8. The van der Waals surface area contributed by atoms with Crippen molar-refractivity contribution in [3.63, 3.8) is 0 Å². The fourth-order valence-corrected chi connectivity index (χ4v) is 4.64. The summed E-state index contributed by atoms with van der Waals surface area (Å²) in [6, 6.07) is 12.3. The molecule has 2 aliphatic heterocycles. The Hall–Kier alpha value is -3.60. The van der Waals surface area contributed by atoms with Crippen molar-refractivity contribution in [3.05, 3.63) is 70.3 Å². The van der Waals surface area contributed by atoms with Gasteiger partial charge >= 0.3 is 5.97 Å². The number of carboxylic acid groups (broad SMARTS) is 1. The summed E-state index contributed by atoms with van der Waals surface area (Å²) in [6.45, 7) is 10.1. The molecule has 2 aromatic rings. The number of hydrogen-bond donors (Lipinski definition) is 3. The van der Waals surface area contributed by atoms with E-state index in [0.29, 0.717) is 32.0 Å². The van der Waals surface area contributed by atoms with Gasteiger partial charge in [-0.2, -0.15) is 11.5 Å². The standard InChI is InChI=1S/C25H30N6O2/c1-26-30-25(28-14-5-8-21-11-10-18-7-4-13-27-24(18)29-21)31-15-12-19(16-23(32)33)22-9-3-2-6-20(22)17-31/h2-3,6,9-11,19H,4-5,7-8,12-17H2,(H,27,29)(H,28,30)(H,32,33). The van der Waals surface area contributed by atoms with Gasteiger partial charge in [0.1, 0.15) is 5.82 Å². The van der Waals surface area contributed by atoms with Crippen molar-refractivity contribution in [2.24, 2.45) is 4.99 Å². The van der Waals surface area contributed by atoms with Crippen LogP contribution in [0.1, 0.15) is 54.0 Å². The molecule has 0 spiro atoms. The summed E-state index contributed by atoms with van der Waals surface area (Å²) in [4.78, 5) is 26.2. The highest BCUT2D eigenvalue weighted by molar-refractivity contribution is 5.80. The molecular weight excluding hydrogens is 416 g/mol. The Morgan fingerprint density at radius 2 is 2.18 bits per heavy atom. The highest BCUT2D eigenvalue weighted by Gasteiger charge is 2.26. The Morgan fingerprint density at radius 3 is 3.03 bits per heavy atom. The van der Waals surface area contributed by atoms with Crippen LogP contribution >= 0.6 is 0 Å². The van der Waals surface area contributed by atoms with Gasteiger partial charge in [0.05, 0.1) is 6.42 Å². The normalized spacial score (nSPS) is 17.7. The predicted molar refractivity (Wildman–Crippen MR) is 128 cm³/mol. The van der Waals surface area contributed by atoms with Crippen LogP contribution in [0.25, 0.3) is 4.95 Å². The van der Waals surface area contributed by atoms with E-state index < -0.39 is 5.97 Å². The molecule has 172 valence electrons. The number of carbonyl (C=O) groups is 1. The fraction of sp³-hybridized carbons (Fsp3) is 0.440. The van der Waals surface area contributed by atoms with Crippen LogP contribution in [0.3, 0.4) is 0 Å². The zero-order chi connectivity index (χ0) is 23.0. The monoisotopic (exact) mass is 446 g/mol. The molecule has 0 fully saturated rings. The van der Waals surface area contributed by atoms with Gasteiger partial charge in [0.15, 0.2) is 0 Å². The van der Waals surface area contributed by atoms with Gasteiger partial charge in [-0.05, 0) is 60.8 Å². The highest BCUT2D eigenvalue weighted by Crippen LogP contribution is 2.31. The third kappa shape index (κ3) is 5.80. The van der Waals surface area contributed by atoms with Crippen LogP contribution in [0.15, 0.2) is 41.4 Å². The first-order valence-electron chi connectivity index (χ1n) is 11.6. The van der Waals surface area contributed by atoms with E-state index in [1.807, 2.05) is 24.3 Å². The van der Waals surface area contributed by atoms with Crippen LogP contribution in [0, 0.1) is 6.57 Å². The quantitative estimate of drug-likeness (QED) is 0.206. The molecule has 3 heterocycles. The number of fused-ring (bicyclic) bond motifs is 2. The lowest BCUT2D eigenvalue weighted by Crippen LogP contribution is -2.38. The zero-order valence-corrected chi connectivity index (χ0v) is 18.8. The molecule has 1 atom stereocenters. The van der Waals surface area contributed by atoms with Gasteiger partial charge in [-0.25, -0.2) is 9.98 Å². The molecule has 3 N–H and O–H groups in total. The Kier molecular flexibility index (Phi) is 7.40. The van der Waals surface area contributed by atoms with Crippen LogP contribution in [-0.2, 0) is 24.2 Å². The number of nitrogens with zero attached hydrogens (tertiary/aromatic N) is 4. The summed E-state index contributed by atoms with van der Waals surface area (Å²) < 4.78 is 0. The number of aryl methyl sites for hydroxylation is 2. The molecule has 2 aliphatic rings.